The molecule has 2 amide bonds. The van der Waals surface area contributed by atoms with E-state index < -0.39 is 11.3 Å². The van der Waals surface area contributed by atoms with E-state index in [1.165, 1.54) is 13.5 Å². The first kappa shape index (κ1) is 20.8. The predicted molar refractivity (Wildman–Crippen MR) is 113 cm³/mol. The zero-order valence-electron chi connectivity index (χ0n) is 17.2. The number of aromatic nitrogens is 1. The molecule has 29 heavy (non-hydrogen) atoms. The molecular formula is C23H29N3O3. The lowest BCUT2D eigenvalue weighted by Crippen LogP contribution is -2.41. The van der Waals surface area contributed by atoms with E-state index in [0.717, 1.165) is 37.7 Å². The van der Waals surface area contributed by atoms with Crippen LogP contribution in [0.3, 0.4) is 0 Å². The van der Waals surface area contributed by atoms with Crippen LogP contribution in [0.1, 0.15) is 58.4 Å². The van der Waals surface area contributed by atoms with Gasteiger partial charge in [-0.15, -0.1) is 0 Å². The molecule has 0 atom stereocenters. The lowest BCUT2D eigenvalue weighted by Gasteiger charge is -2.31. The molecule has 1 saturated carbocycles. The topological polar surface area (TPSA) is 71.4 Å². The van der Waals surface area contributed by atoms with E-state index in [0.29, 0.717) is 6.54 Å². The van der Waals surface area contributed by atoms with Gasteiger partial charge >= 0.3 is 0 Å². The highest BCUT2D eigenvalue weighted by Crippen LogP contribution is 2.22. The van der Waals surface area contributed by atoms with E-state index >= 15 is 0 Å². The summed E-state index contributed by atoms with van der Waals surface area (Å²) in [5.41, 5.74) is 0.712. The quantitative estimate of drug-likeness (QED) is 0.818. The number of hydrogen-bond donors (Lipinski definition) is 1. The van der Waals surface area contributed by atoms with Crippen molar-refractivity contribution in [2.75, 3.05) is 14.1 Å². The third-order valence-electron chi connectivity index (χ3n) is 5.73. The molecule has 1 aromatic heterocycles. The maximum absolute atomic E-state index is 13.1. The molecule has 0 saturated heterocycles. The van der Waals surface area contributed by atoms with Crippen LogP contribution in [0.25, 0.3) is 0 Å². The van der Waals surface area contributed by atoms with Crippen LogP contribution in [0.15, 0.2) is 47.5 Å². The van der Waals surface area contributed by atoms with Crippen LogP contribution >= 0.6 is 0 Å². The second kappa shape index (κ2) is 9.54. The molecule has 6 nitrogen and oxygen atoms in total. The molecule has 1 aliphatic rings. The van der Waals surface area contributed by atoms with Crippen LogP contribution < -0.4 is 10.7 Å². The zero-order valence-corrected chi connectivity index (χ0v) is 17.2. The Morgan fingerprint density at radius 2 is 1.72 bits per heavy atom. The molecule has 2 aromatic rings. The first-order valence-electron chi connectivity index (χ1n) is 10.3. The van der Waals surface area contributed by atoms with E-state index in [4.69, 9.17) is 0 Å². The van der Waals surface area contributed by atoms with Crippen molar-refractivity contribution < 1.29 is 9.59 Å². The number of amides is 2. The number of rotatable bonds is 6. The Balaban J connectivity index is 1.90. The van der Waals surface area contributed by atoms with Crippen molar-refractivity contribution in [3.05, 3.63) is 69.6 Å². The molecule has 0 aliphatic heterocycles. The second-order valence-corrected chi connectivity index (χ2v) is 7.68. The molecule has 0 radical (unpaired) electrons. The summed E-state index contributed by atoms with van der Waals surface area (Å²) in [4.78, 5) is 40.0. The molecule has 6 heteroatoms. The van der Waals surface area contributed by atoms with E-state index in [-0.39, 0.29) is 23.1 Å². The Morgan fingerprint density at radius 1 is 1.07 bits per heavy atom. The molecule has 1 aliphatic carbocycles. The Labute approximate surface area is 171 Å². The van der Waals surface area contributed by atoms with E-state index in [9.17, 15) is 14.4 Å². The van der Waals surface area contributed by atoms with Crippen LogP contribution in [0.4, 0.5) is 0 Å². The van der Waals surface area contributed by atoms with Crippen molar-refractivity contribution >= 4 is 11.8 Å². The van der Waals surface area contributed by atoms with Crippen molar-refractivity contribution in [3.63, 3.8) is 0 Å². The fraction of sp³-hybridized carbons (Fsp3) is 0.435. The molecule has 0 spiro atoms. The van der Waals surface area contributed by atoms with Gasteiger partial charge in [0.05, 0.1) is 0 Å². The van der Waals surface area contributed by atoms with Crippen molar-refractivity contribution in [2.24, 2.45) is 0 Å². The monoisotopic (exact) mass is 395 g/mol. The van der Waals surface area contributed by atoms with Crippen LogP contribution in [-0.2, 0) is 13.0 Å². The molecule has 0 bridgehead atoms. The second-order valence-electron chi connectivity index (χ2n) is 7.68. The van der Waals surface area contributed by atoms with Gasteiger partial charge in [-0.2, -0.15) is 0 Å². The van der Waals surface area contributed by atoms with Crippen LogP contribution in [-0.4, -0.2) is 41.4 Å². The van der Waals surface area contributed by atoms with Gasteiger partial charge in [0.2, 0.25) is 5.43 Å². The van der Waals surface area contributed by atoms with E-state index in [1.807, 2.05) is 30.3 Å². The number of pyridine rings is 1. The maximum Gasteiger partial charge on any atom is 0.259 e. The Morgan fingerprint density at radius 3 is 2.38 bits per heavy atom. The van der Waals surface area contributed by atoms with Crippen LogP contribution in [0.2, 0.25) is 0 Å². The third-order valence-corrected chi connectivity index (χ3v) is 5.73. The first-order valence-corrected chi connectivity index (χ1v) is 10.3. The summed E-state index contributed by atoms with van der Waals surface area (Å²) in [5, 5.41) is 2.50. The zero-order chi connectivity index (χ0) is 20.8. The fourth-order valence-electron chi connectivity index (χ4n) is 3.94. The number of nitrogens with one attached hydrogen (secondary N) is 1. The molecule has 1 fully saturated rings. The van der Waals surface area contributed by atoms with Gasteiger partial charge in [0, 0.05) is 39.1 Å². The highest BCUT2D eigenvalue weighted by molar-refractivity contribution is 5.99. The normalized spacial score (nSPS) is 14.4. The molecule has 154 valence electrons. The third kappa shape index (κ3) is 4.94. The summed E-state index contributed by atoms with van der Waals surface area (Å²) in [6.45, 7) is 0.571. The highest BCUT2D eigenvalue weighted by Gasteiger charge is 2.26. The minimum atomic E-state index is -0.507. The van der Waals surface area contributed by atoms with Crippen LogP contribution in [0.5, 0.6) is 0 Å². The Kier molecular flexibility index (Phi) is 6.86. The number of carbonyl (C=O) groups excluding carboxylic acids is 2. The minimum absolute atomic E-state index is 0.00320. The smallest absolute Gasteiger partial charge is 0.259 e. The lowest BCUT2D eigenvalue weighted by atomic mass is 9.94. The van der Waals surface area contributed by atoms with Gasteiger partial charge in [0.25, 0.3) is 11.8 Å². The summed E-state index contributed by atoms with van der Waals surface area (Å²) in [6.07, 6.45) is 9.18. The van der Waals surface area contributed by atoms with Crippen molar-refractivity contribution in [3.8, 4) is 0 Å². The molecule has 1 heterocycles. The standard InChI is InChI=1S/C23H29N3O3/c1-24-22(28)19-15-26(14-13-17-9-5-3-6-10-17)16-20(21(19)27)23(29)25(2)18-11-7-4-8-12-18/h3,5-6,9-10,15-16,18H,4,7-8,11-14H2,1-2H3,(H,24,28). The summed E-state index contributed by atoms with van der Waals surface area (Å²) >= 11 is 0. The summed E-state index contributed by atoms with van der Waals surface area (Å²) < 4.78 is 1.78. The summed E-state index contributed by atoms with van der Waals surface area (Å²) in [5.74, 6) is -0.778. The van der Waals surface area contributed by atoms with Gasteiger partial charge < -0.3 is 14.8 Å². The fourth-order valence-corrected chi connectivity index (χ4v) is 3.94. The highest BCUT2D eigenvalue weighted by atomic mass is 16.2. The molecule has 0 unspecified atom stereocenters. The van der Waals surface area contributed by atoms with Gasteiger partial charge in [-0.3, -0.25) is 14.4 Å². The molecular weight excluding hydrogens is 366 g/mol. The summed E-state index contributed by atoms with van der Waals surface area (Å²) in [6, 6.07) is 10.1. The van der Waals surface area contributed by atoms with Gasteiger partial charge in [0.1, 0.15) is 11.1 Å². The van der Waals surface area contributed by atoms with Crippen molar-refractivity contribution in [1.82, 2.24) is 14.8 Å². The molecule has 1 aromatic carbocycles. The SMILES string of the molecule is CNC(=O)c1cn(CCc2ccccc2)cc(C(=O)N(C)C2CCCCC2)c1=O. The maximum atomic E-state index is 13.1. The van der Waals surface area contributed by atoms with Gasteiger partial charge in [-0.05, 0) is 24.8 Å². The number of carbonyl (C=O) groups is 2. The van der Waals surface area contributed by atoms with Gasteiger partial charge in [0.15, 0.2) is 0 Å². The predicted octanol–water partition coefficient (Wildman–Crippen LogP) is 2.86. The van der Waals surface area contributed by atoms with E-state index in [1.54, 1.807) is 28.9 Å². The van der Waals surface area contributed by atoms with Crippen molar-refractivity contribution in [1.29, 1.82) is 0 Å². The average molecular weight is 396 g/mol. The number of aryl methyl sites for hydroxylation is 2. The molecule has 3 rings (SSSR count). The number of nitrogens with zero attached hydrogens (tertiary/aromatic N) is 2. The lowest BCUT2D eigenvalue weighted by molar-refractivity contribution is 0.0694. The largest absolute Gasteiger partial charge is 0.355 e. The Hall–Kier alpha value is -2.89. The summed E-state index contributed by atoms with van der Waals surface area (Å²) in [7, 11) is 3.25. The van der Waals surface area contributed by atoms with E-state index in [2.05, 4.69) is 5.32 Å². The first-order chi connectivity index (χ1) is 14.0. The minimum Gasteiger partial charge on any atom is -0.355 e. The number of benzene rings is 1. The van der Waals surface area contributed by atoms with Gasteiger partial charge in [-0.25, -0.2) is 0 Å². The average Bonchev–Trinajstić information content (AvgIpc) is 2.78. The Bertz CT molecular complexity index is 915. The molecule has 1 N–H and O–H groups in total. The van der Waals surface area contributed by atoms with Gasteiger partial charge in [-0.1, -0.05) is 49.6 Å². The van der Waals surface area contributed by atoms with Crippen molar-refractivity contribution in [2.45, 2.75) is 51.1 Å². The van der Waals surface area contributed by atoms with Crippen LogP contribution in [0, 0.1) is 0 Å². The number of hydrogen-bond acceptors (Lipinski definition) is 3.